The molecule has 0 aromatic rings. The van der Waals surface area contributed by atoms with E-state index in [9.17, 15) is 5.11 Å². The first kappa shape index (κ1) is 17.2. The first-order valence-corrected chi connectivity index (χ1v) is 10.4. The second-order valence-corrected chi connectivity index (χ2v) is 13.6. The third-order valence-electron chi connectivity index (χ3n) is 5.56. The molecule has 2 nitrogen and oxygen atoms in total. The van der Waals surface area contributed by atoms with Gasteiger partial charge in [-0.25, -0.2) is 0 Å². The zero-order valence-electron chi connectivity index (χ0n) is 13.9. The van der Waals surface area contributed by atoms with Gasteiger partial charge in [0.2, 0.25) is 0 Å². The molecule has 19 heavy (non-hydrogen) atoms. The summed E-state index contributed by atoms with van der Waals surface area (Å²) in [7, 11) is -1.40. The van der Waals surface area contributed by atoms with Crippen LogP contribution in [0.25, 0.3) is 0 Å². The standard InChI is InChI=1S/C16H34O2Si/c1-11(2)19(12(3)4,13(5)6)10-15-8-16(17)14(7)9-18-15/h11-17H,8-10H2,1-7H3/t14-,15-,16-/m0/s1. The van der Waals surface area contributed by atoms with Gasteiger partial charge in [-0.05, 0) is 12.5 Å². The van der Waals surface area contributed by atoms with Gasteiger partial charge in [-0.1, -0.05) is 65.1 Å². The maximum atomic E-state index is 10.1. The summed E-state index contributed by atoms with van der Waals surface area (Å²) in [5.74, 6) is 0.296. The number of ether oxygens (including phenoxy) is 1. The summed E-state index contributed by atoms with van der Waals surface area (Å²) in [6.45, 7) is 17.2. The fraction of sp³-hybridized carbons (Fsp3) is 1.00. The van der Waals surface area contributed by atoms with Crippen molar-refractivity contribution in [3.05, 3.63) is 0 Å². The summed E-state index contributed by atoms with van der Waals surface area (Å²) in [4.78, 5) is 0. The smallest absolute Gasteiger partial charge is 0.0638 e. The van der Waals surface area contributed by atoms with Crippen molar-refractivity contribution in [2.75, 3.05) is 6.61 Å². The van der Waals surface area contributed by atoms with Crippen LogP contribution in [-0.4, -0.2) is 32.0 Å². The maximum absolute atomic E-state index is 10.1. The lowest BCUT2D eigenvalue weighted by Crippen LogP contribution is -2.49. The van der Waals surface area contributed by atoms with Gasteiger partial charge in [0.05, 0.1) is 26.9 Å². The molecule has 3 atom stereocenters. The van der Waals surface area contributed by atoms with Gasteiger partial charge in [0.25, 0.3) is 0 Å². The summed E-state index contributed by atoms with van der Waals surface area (Å²) in [5.41, 5.74) is 2.31. The van der Waals surface area contributed by atoms with E-state index in [1.54, 1.807) is 0 Å². The lowest BCUT2D eigenvalue weighted by Gasteiger charge is -2.46. The van der Waals surface area contributed by atoms with Gasteiger partial charge in [-0.15, -0.1) is 0 Å². The number of hydrogen-bond acceptors (Lipinski definition) is 2. The van der Waals surface area contributed by atoms with Crippen molar-refractivity contribution in [3.63, 3.8) is 0 Å². The Morgan fingerprint density at radius 1 is 1.05 bits per heavy atom. The van der Waals surface area contributed by atoms with Crippen molar-refractivity contribution in [2.24, 2.45) is 5.92 Å². The van der Waals surface area contributed by atoms with Crippen LogP contribution in [0.3, 0.4) is 0 Å². The molecule has 0 spiro atoms. The van der Waals surface area contributed by atoms with E-state index >= 15 is 0 Å². The predicted octanol–water partition coefficient (Wildman–Crippen LogP) is 4.45. The van der Waals surface area contributed by atoms with Crippen molar-refractivity contribution >= 4 is 8.07 Å². The predicted molar refractivity (Wildman–Crippen MR) is 85.4 cm³/mol. The molecule has 0 amide bonds. The van der Waals surface area contributed by atoms with Gasteiger partial charge >= 0.3 is 0 Å². The highest BCUT2D eigenvalue weighted by Crippen LogP contribution is 2.46. The Hall–Kier alpha value is 0.137. The molecule has 1 N–H and O–H groups in total. The van der Waals surface area contributed by atoms with Crippen molar-refractivity contribution in [1.82, 2.24) is 0 Å². The third-order valence-corrected chi connectivity index (χ3v) is 13.2. The quantitative estimate of drug-likeness (QED) is 0.757. The molecule has 0 saturated carbocycles. The second kappa shape index (κ2) is 6.73. The van der Waals surface area contributed by atoms with Crippen LogP contribution in [0.4, 0.5) is 0 Å². The van der Waals surface area contributed by atoms with E-state index < -0.39 is 8.07 Å². The molecular weight excluding hydrogens is 252 g/mol. The second-order valence-electron chi connectivity index (χ2n) is 7.52. The van der Waals surface area contributed by atoms with Gasteiger partial charge < -0.3 is 9.84 Å². The Labute approximate surface area is 120 Å². The highest BCUT2D eigenvalue weighted by Gasteiger charge is 2.45. The molecule has 1 aliphatic rings. The lowest BCUT2D eigenvalue weighted by molar-refractivity contribution is -0.0703. The SMILES string of the molecule is CC(C)[Si](C[C@@H]1C[C@H](O)[C@@H](C)CO1)(C(C)C)C(C)C. The molecule has 114 valence electrons. The molecule has 1 saturated heterocycles. The Bertz CT molecular complexity index is 254. The fourth-order valence-corrected chi connectivity index (χ4v) is 10.7. The van der Waals surface area contributed by atoms with Crippen LogP contribution in [0.1, 0.15) is 54.9 Å². The highest BCUT2D eigenvalue weighted by atomic mass is 28.3. The fourth-order valence-electron chi connectivity index (χ4n) is 4.21. The van der Waals surface area contributed by atoms with Gasteiger partial charge in [0.1, 0.15) is 0 Å². The Balaban J connectivity index is 2.84. The van der Waals surface area contributed by atoms with Crippen LogP contribution in [0.5, 0.6) is 0 Å². The van der Waals surface area contributed by atoms with Gasteiger partial charge in [0, 0.05) is 5.92 Å². The summed E-state index contributed by atoms with van der Waals surface area (Å²) in [6, 6.07) is 1.21. The first-order valence-electron chi connectivity index (χ1n) is 8.01. The van der Waals surface area contributed by atoms with E-state index in [0.29, 0.717) is 5.92 Å². The maximum Gasteiger partial charge on any atom is 0.0638 e. The largest absolute Gasteiger partial charge is 0.393 e. The molecule has 0 unspecified atom stereocenters. The molecule has 0 aliphatic carbocycles. The molecule has 0 radical (unpaired) electrons. The van der Waals surface area contributed by atoms with E-state index in [-0.39, 0.29) is 12.2 Å². The minimum absolute atomic E-state index is 0.170. The summed E-state index contributed by atoms with van der Waals surface area (Å²) in [6.07, 6.45) is 0.948. The average molecular weight is 287 g/mol. The number of hydrogen-bond donors (Lipinski definition) is 1. The Morgan fingerprint density at radius 3 is 1.89 bits per heavy atom. The van der Waals surface area contributed by atoms with E-state index in [1.165, 1.54) is 6.04 Å². The molecule has 0 aromatic heterocycles. The molecule has 1 rings (SSSR count). The topological polar surface area (TPSA) is 29.5 Å². The molecule has 0 aromatic carbocycles. The van der Waals surface area contributed by atoms with Crippen molar-refractivity contribution in [3.8, 4) is 0 Å². The van der Waals surface area contributed by atoms with Gasteiger partial charge in [-0.3, -0.25) is 0 Å². The minimum atomic E-state index is -1.40. The van der Waals surface area contributed by atoms with Crippen molar-refractivity contribution < 1.29 is 9.84 Å². The van der Waals surface area contributed by atoms with Gasteiger partial charge in [-0.2, -0.15) is 0 Å². The lowest BCUT2D eigenvalue weighted by atomic mass is 9.97. The molecule has 1 heterocycles. The van der Waals surface area contributed by atoms with Crippen LogP contribution in [-0.2, 0) is 4.74 Å². The Morgan fingerprint density at radius 2 is 1.53 bits per heavy atom. The summed E-state index contributed by atoms with van der Waals surface area (Å²) < 4.78 is 6.04. The zero-order valence-corrected chi connectivity index (χ0v) is 14.9. The van der Waals surface area contributed by atoms with Crippen molar-refractivity contribution in [1.29, 1.82) is 0 Å². The van der Waals surface area contributed by atoms with Crippen LogP contribution in [0.2, 0.25) is 22.7 Å². The molecule has 1 fully saturated rings. The van der Waals surface area contributed by atoms with E-state index in [4.69, 9.17) is 4.74 Å². The van der Waals surface area contributed by atoms with Crippen LogP contribution in [0.15, 0.2) is 0 Å². The summed E-state index contributed by atoms with van der Waals surface area (Å²) >= 11 is 0. The molecule has 3 heteroatoms. The van der Waals surface area contributed by atoms with Crippen molar-refractivity contribution in [2.45, 2.75) is 89.8 Å². The zero-order chi connectivity index (χ0) is 14.8. The highest BCUT2D eigenvalue weighted by molar-refractivity contribution is 6.83. The van der Waals surface area contributed by atoms with E-state index in [0.717, 1.165) is 29.7 Å². The monoisotopic (exact) mass is 286 g/mol. The molecule has 0 bridgehead atoms. The number of rotatable bonds is 5. The minimum Gasteiger partial charge on any atom is -0.393 e. The van der Waals surface area contributed by atoms with Crippen LogP contribution in [0, 0.1) is 5.92 Å². The molecule has 1 aliphatic heterocycles. The summed E-state index contributed by atoms with van der Waals surface area (Å²) in [5, 5.41) is 10.1. The average Bonchev–Trinajstić information content (AvgIpc) is 2.29. The first-order chi connectivity index (χ1) is 8.71. The van der Waals surface area contributed by atoms with Crippen LogP contribution >= 0.6 is 0 Å². The molecular formula is C16H34O2Si. The van der Waals surface area contributed by atoms with E-state index in [2.05, 4.69) is 48.5 Å². The third kappa shape index (κ3) is 3.62. The van der Waals surface area contributed by atoms with Crippen LogP contribution < -0.4 is 0 Å². The normalized spacial score (nSPS) is 29.5. The number of aliphatic hydroxyl groups is 1. The number of aliphatic hydroxyl groups excluding tert-OH is 1. The van der Waals surface area contributed by atoms with Gasteiger partial charge in [0.15, 0.2) is 0 Å². The Kier molecular flexibility index (Phi) is 6.09. The van der Waals surface area contributed by atoms with E-state index in [1.807, 2.05) is 0 Å².